The maximum atomic E-state index is 5.81. The van der Waals surface area contributed by atoms with E-state index in [2.05, 4.69) is 71.2 Å². The van der Waals surface area contributed by atoms with Crippen molar-refractivity contribution in [3.63, 3.8) is 0 Å². The summed E-state index contributed by atoms with van der Waals surface area (Å²) in [6, 6.07) is 14.5. The van der Waals surface area contributed by atoms with Crippen molar-refractivity contribution in [1.82, 2.24) is 0 Å². The average molecular weight is 305 g/mol. The van der Waals surface area contributed by atoms with E-state index in [1.807, 2.05) is 6.07 Å². The lowest BCUT2D eigenvalue weighted by Gasteiger charge is -2.24. The Kier molecular flexibility index (Phi) is 4.04. The minimum atomic E-state index is 0.541. The maximum absolute atomic E-state index is 5.81. The van der Waals surface area contributed by atoms with Gasteiger partial charge in [0.05, 0.1) is 0 Å². The van der Waals surface area contributed by atoms with Gasteiger partial charge in [0, 0.05) is 29.4 Å². The quantitative estimate of drug-likeness (QED) is 0.929. The highest BCUT2D eigenvalue weighted by molar-refractivity contribution is 9.10. The van der Waals surface area contributed by atoms with Gasteiger partial charge in [-0.3, -0.25) is 0 Å². The van der Waals surface area contributed by atoms with E-state index >= 15 is 0 Å². The average Bonchev–Trinajstić information content (AvgIpc) is 2.38. The zero-order valence-corrected chi connectivity index (χ0v) is 12.2. The van der Waals surface area contributed by atoms with Crippen LogP contribution >= 0.6 is 15.9 Å². The number of para-hydroxylation sites is 1. The molecular formula is C15H17BrN2. The summed E-state index contributed by atoms with van der Waals surface area (Å²) in [7, 11) is 2.07. The molecule has 18 heavy (non-hydrogen) atoms. The predicted octanol–water partition coefficient (Wildman–Crippen LogP) is 3.98. The maximum Gasteiger partial charge on any atom is 0.0465 e. The molecule has 0 atom stereocenters. The molecule has 0 aliphatic rings. The monoisotopic (exact) mass is 304 g/mol. The first kappa shape index (κ1) is 13.1. The second kappa shape index (κ2) is 5.55. The van der Waals surface area contributed by atoms with Gasteiger partial charge < -0.3 is 10.6 Å². The third-order valence-corrected chi connectivity index (χ3v) is 3.60. The van der Waals surface area contributed by atoms with Crippen LogP contribution in [0.1, 0.15) is 11.1 Å². The van der Waals surface area contributed by atoms with Gasteiger partial charge in [-0.15, -0.1) is 0 Å². The van der Waals surface area contributed by atoms with Crippen LogP contribution in [0.3, 0.4) is 0 Å². The molecule has 0 saturated carbocycles. The molecule has 2 aromatic carbocycles. The highest BCUT2D eigenvalue weighted by Crippen LogP contribution is 2.31. The summed E-state index contributed by atoms with van der Waals surface area (Å²) in [5.74, 6) is 0. The number of hydrogen-bond donors (Lipinski definition) is 1. The summed E-state index contributed by atoms with van der Waals surface area (Å²) in [4.78, 5) is 2.18. The molecule has 3 heteroatoms. The highest BCUT2D eigenvalue weighted by Gasteiger charge is 2.10. The van der Waals surface area contributed by atoms with Gasteiger partial charge in [-0.25, -0.2) is 0 Å². The van der Waals surface area contributed by atoms with Gasteiger partial charge in [0.15, 0.2) is 0 Å². The Bertz CT molecular complexity index is 552. The minimum absolute atomic E-state index is 0.541. The summed E-state index contributed by atoms with van der Waals surface area (Å²) in [5.41, 5.74) is 10.5. The van der Waals surface area contributed by atoms with E-state index in [4.69, 9.17) is 5.73 Å². The molecule has 0 fully saturated rings. The summed E-state index contributed by atoms with van der Waals surface area (Å²) >= 11 is 3.52. The van der Waals surface area contributed by atoms with E-state index in [-0.39, 0.29) is 0 Å². The van der Waals surface area contributed by atoms with Crippen molar-refractivity contribution in [2.75, 3.05) is 11.9 Å². The van der Waals surface area contributed by atoms with Gasteiger partial charge in [-0.05, 0) is 36.2 Å². The fourth-order valence-electron chi connectivity index (χ4n) is 2.09. The zero-order chi connectivity index (χ0) is 13.1. The van der Waals surface area contributed by atoms with Crippen molar-refractivity contribution in [3.8, 4) is 0 Å². The Balaban J connectivity index is 2.48. The van der Waals surface area contributed by atoms with E-state index in [1.54, 1.807) is 0 Å². The molecule has 0 saturated heterocycles. The lowest BCUT2D eigenvalue weighted by atomic mass is 10.1. The Morgan fingerprint density at radius 3 is 2.50 bits per heavy atom. The number of anilines is 2. The van der Waals surface area contributed by atoms with Gasteiger partial charge >= 0.3 is 0 Å². The van der Waals surface area contributed by atoms with Crippen LogP contribution in [0.15, 0.2) is 46.9 Å². The first-order valence-corrected chi connectivity index (χ1v) is 6.70. The smallest absolute Gasteiger partial charge is 0.0465 e. The topological polar surface area (TPSA) is 29.3 Å². The second-order valence-corrected chi connectivity index (χ2v) is 5.24. The molecule has 0 amide bonds. The fourth-order valence-corrected chi connectivity index (χ4v) is 2.44. The van der Waals surface area contributed by atoms with Crippen LogP contribution in [0.4, 0.5) is 11.4 Å². The standard InChI is InChI=1S/C15H17BrN2/c1-11-5-3-4-6-14(11)18(2)15-9-13(16)8-7-12(15)10-17/h3-9H,10,17H2,1-2H3. The van der Waals surface area contributed by atoms with Gasteiger partial charge in [-0.2, -0.15) is 0 Å². The number of benzene rings is 2. The summed E-state index contributed by atoms with van der Waals surface area (Å²) in [6.07, 6.45) is 0. The molecule has 0 radical (unpaired) electrons. The summed E-state index contributed by atoms with van der Waals surface area (Å²) in [5, 5.41) is 0. The molecular weight excluding hydrogens is 288 g/mol. The van der Waals surface area contributed by atoms with Crippen LogP contribution in [0.2, 0.25) is 0 Å². The first-order chi connectivity index (χ1) is 8.63. The molecule has 0 aliphatic heterocycles. The summed E-state index contributed by atoms with van der Waals surface area (Å²) < 4.78 is 1.06. The Labute approximate surface area is 117 Å². The lowest BCUT2D eigenvalue weighted by Crippen LogP contribution is -2.14. The van der Waals surface area contributed by atoms with E-state index in [0.29, 0.717) is 6.54 Å². The van der Waals surface area contributed by atoms with Gasteiger partial charge in [0.25, 0.3) is 0 Å². The van der Waals surface area contributed by atoms with E-state index in [9.17, 15) is 0 Å². The van der Waals surface area contributed by atoms with Crippen molar-refractivity contribution in [3.05, 3.63) is 58.1 Å². The van der Waals surface area contributed by atoms with Crippen molar-refractivity contribution in [2.24, 2.45) is 5.73 Å². The van der Waals surface area contributed by atoms with Gasteiger partial charge in [-0.1, -0.05) is 40.2 Å². The van der Waals surface area contributed by atoms with Crippen LogP contribution in [-0.2, 0) is 6.54 Å². The Hall–Kier alpha value is -1.32. The van der Waals surface area contributed by atoms with Crippen LogP contribution in [0.5, 0.6) is 0 Å². The molecule has 94 valence electrons. The van der Waals surface area contributed by atoms with E-state index < -0.39 is 0 Å². The largest absolute Gasteiger partial charge is 0.344 e. The van der Waals surface area contributed by atoms with Gasteiger partial charge in [0.1, 0.15) is 0 Å². The normalized spacial score (nSPS) is 10.4. The Morgan fingerprint density at radius 2 is 1.83 bits per heavy atom. The molecule has 0 bridgehead atoms. The van der Waals surface area contributed by atoms with E-state index in [1.165, 1.54) is 11.3 Å². The first-order valence-electron chi connectivity index (χ1n) is 5.91. The highest BCUT2D eigenvalue weighted by atomic mass is 79.9. The van der Waals surface area contributed by atoms with Crippen molar-refractivity contribution < 1.29 is 0 Å². The predicted molar refractivity (Wildman–Crippen MR) is 81.3 cm³/mol. The number of nitrogens with two attached hydrogens (primary N) is 1. The molecule has 0 aliphatic carbocycles. The molecule has 2 aromatic rings. The fraction of sp³-hybridized carbons (Fsp3) is 0.200. The van der Waals surface area contributed by atoms with Crippen molar-refractivity contribution in [2.45, 2.75) is 13.5 Å². The Morgan fingerprint density at radius 1 is 1.11 bits per heavy atom. The van der Waals surface area contributed by atoms with Crippen LogP contribution in [-0.4, -0.2) is 7.05 Å². The molecule has 2 rings (SSSR count). The molecule has 0 aromatic heterocycles. The molecule has 0 unspecified atom stereocenters. The number of halogens is 1. The van der Waals surface area contributed by atoms with Crippen LogP contribution in [0.25, 0.3) is 0 Å². The number of nitrogens with zero attached hydrogens (tertiary/aromatic N) is 1. The SMILES string of the molecule is Cc1ccccc1N(C)c1cc(Br)ccc1CN. The lowest BCUT2D eigenvalue weighted by molar-refractivity contribution is 1.04. The van der Waals surface area contributed by atoms with Crippen LogP contribution < -0.4 is 10.6 Å². The zero-order valence-electron chi connectivity index (χ0n) is 10.7. The molecule has 0 spiro atoms. The molecule has 2 nitrogen and oxygen atoms in total. The number of aryl methyl sites for hydroxylation is 1. The van der Waals surface area contributed by atoms with Crippen molar-refractivity contribution in [1.29, 1.82) is 0 Å². The molecule has 2 N–H and O–H groups in total. The van der Waals surface area contributed by atoms with E-state index in [0.717, 1.165) is 15.7 Å². The third kappa shape index (κ3) is 2.57. The van der Waals surface area contributed by atoms with Crippen LogP contribution in [0, 0.1) is 6.92 Å². The molecule has 0 heterocycles. The second-order valence-electron chi connectivity index (χ2n) is 4.32. The number of hydrogen-bond acceptors (Lipinski definition) is 2. The van der Waals surface area contributed by atoms with Gasteiger partial charge in [0.2, 0.25) is 0 Å². The number of rotatable bonds is 3. The summed E-state index contributed by atoms with van der Waals surface area (Å²) in [6.45, 7) is 2.66. The van der Waals surface area contributed by atoms with Crippen molar-refractivity contribution >= 4 is 27.3 Å². The third-order valence-electron chi connectivity index (χ3n) is 3.11. The minimum Gasteiger partial charge on any atom is -0.344 e.